The van der Waals surface area contributed by atoms with Gasteiger partial charge in [-0.05, 0) is 42.0 Å². The van der Waals surface area contributed by atoms with Crippen molar-refractivity contribution in [3.8, 4) is 11.5 Å². The number of halogens is 1. The van der Waals surface area contributed by atoms with Crippen molar-refractivity contribution < 1.29 is 13.6 Å². The second-order valence-corrected chi connectivity index (χ2v) is 7.31. The number of nitrogens with zero attached hydrogens (tertiary/aromatic N) is 3. The van der Waals surface area contributed by atoms with E-state index in [1.54, 1.807) is 28.4 Å². The van der Waals surface area contributed by atoms with Crippen molar-refractivity contribution in [1.29, 1.82) is 0 Å². The number of hydrogen-bond acceptors (Lipinski definition) is 5. The molecule has 0 spiro atoms. The highest BCUT2D eigenvalue weighted by atomic mass is 32.1. The molecule has 1 saturated heterocycles. The number of likely N-dealkylation sites (tertiary alicyclic amines) is 1. The van der Waals surface area contributed by atoms with E-state index in [-0.39, 0.29) is 17.8 Å². The number of rotatable bonds is 4. The quantitative estimate of drug-likeness (QED) is 0.735. The lowest BCUT2D eigenvalue weighted by Gasteiger charge is -2.31. The Balaban J connectivity index is 1.36. The minimum absolute atomic E-state index is 0.0372. The maximum absolute atomic E-state index is 13.0. The number of nitrogens with one attached hydrogen (secondary N) is 1. The maximum atomic E-state index is 13.0. The molecule has 1 N–H and O–H groups in total. The predicted octanol–water partition coefficient (Wildman–Crippen LogP) is 4.03. The number of piperidine rings is 1. The Morgan fingerprint density at radius 1 is 1.30 bits per heavy atom. The summed E-state index contributed by atoms with van der Waals surface area (Å²) in [7, 11) is 0. The van der Waals surface area contributed by atoms with Crippen LogP contribution in [0.15, 0.2) is 45.5 Å². The van der Waals surface area contributed by atoms with Crippen LogP contribution in [0.5, 0.6) is 0 Å². The van der Waals surface area contributed by atoms with E-state index in [0.29, 0.717) is 31.4 Å². The molecule has 0 radical (unpaired) electrons. The topological polar surface area (TPSA) is 71.3 Å². The monoisotopic (exact) mass is 386 g/mol. The summed E-state index contributed by atoms with van der Waals surface area (Å²) >= 11 is 1.58. The van der Waals surface area contributed by atoms with Crippen LogP contribution in [0.2, 0.25) is 0 Å². The third kappa shape index (κ3) is 4.16. The van der Waals surface area contributed by atoms with Crippen molar-refractivity contribution >= 4 is 17.4 Å². The second-order valence-electron chi connectivity index (χ2n) is 6.53. The number of urea groups is 1. The van der Waals surface area contributed by atoms with Crippen molar-refractivity contribution in [2.24, 2.45) is 0 Å². The Hall–Kier alpha value is -2.74. The molecule has 4 rings (SSSR count). The lowest BCUT2D eigenvalue weighted by atomic mass is 9.98. The lowest BCUT2D eigenvalue weighted by molar-refractivity contribution is 0.174. The predicted molar refractivity (Wildman–Crippen MR) is 99.8 cm³/mol. The Morgan fingerprint density at radius 2 is 2.15 bits per heavy atom. The number of hydrogen-bond donors (Lipinski definition) is 1. The summed E-state index contributed by atoms with van der Waals surface area (Å²) < 4.78 is 18.8. The third-order valence-corrected chi connectivity index (χ3v) is 5.31. The molecule has 8 heteroatoms. The van der Waals surface area contributed by atoms with E-state index in [1.165, 1.54) is 12.1 Å². The van der Waals surface area contributed by atoms with E-state index in [0.717, 1.165) is 24.0 Å². The number of thiophene rings is 1. The first-order valence-corrected chi connectivity index (χ1v) is 9.76. The largest absolute Gasteiger partial charge is 0.420 e. The van der Waals surface area contributed by atoms with Gasteiger partial charge in [-0.25, -0.2) is 9.18 Å². The van der Waals surface area contributed by atoms with Gasteiger partial charge in [0.15, 0.2) is 0 Å². The molecule has 3 heterocycles. The van der Waals surface area contributed by atoms with Crippen LogP contribution in [0, 0.1) is 5.82 Å². The number of carbonyl (C=O) groups is 1. The summed E-state index contributed by atoms with van der Waals surface area (Å²) in [6.45, 7) is 1.60. The minimum Gasteiger partial charge on any atom is -0.420 e. The van der Waals surface area contributed by atoms with Gasteiger partial charge in [-0.15, -0.1) is 10.2 Å². The van der Waals surface area contributed by atoms with Crippen LogP contribution >= 0.6 is 11.3 Å². The standard InChI is InChI=1S/C19H19FN4O2S/c20-16-5-3-13(4-6-16)10-21-19(25)24-8-1-2-14(11-24)17-22-23-18(26-17)15-7-9-27-12-15/h3-7,9,12,14H,1-2,8,10-11H2,(H,21,25)/t14-/m1/s1. The summed E-state index contributed by atoms with van der Waals surface area (Å²) in [4.78, 5) is 14.3. The molecule has 1 aromatic carbocycles. The molecule has 27 heavy (non-hydrogen) atoms. The van der Waals surface area contributed by atoms with E-state index in [1.807, 2.05) is 16.8 Å². The van der Waals surface area contributed by atoms with E-state index in [2.05, 4.69) is 15.5 Å². The summed E-state index contributed by atoms with van der Waals surface area (Å²) in [5.41, 5.74) is 1.78. The Bertz CT molecular complexity index is 895. The highest BCUT2D eigenvalue weighted by Gasteiger charge is 2.28. The van der Waals surface area contributed by atoms with Crippen LogP contribution in [0.1, 0.15) is 30.2 Å². The molecule has 140 valence electrons. The van der Waals surface area contributed by atoms with Gasteiger partial charge in [-0.1, -0.05) is 12.1 Å². The van der Waals surface area contributed by atoms with Gasteiger partial charge in [0.05, 0.1) is 5.92 Å². The molecule has 3 aromatic rings. The van der Waals surface area contributed by atoms with Crippen LogP contribution in [0.3, 0.4) is 0 Å². The molecular formula is C19H19FN4O2S. The van der Waals surface area contributed by atoms with Crippen LogP contribution < -0.4 is 5.32 Å². The summed E-state index contributed by atoms with van der Waals surface area (Å²) in [5.74, 6) is 0.844. The Labute approximate surface area is 160 Å². The second kappa shape index (κ2) is 7.87. The van der Waals surface area contributed by atoms with E-state index in [4.69, 9.17) is 4.42 Å². The molecule has 0 saturated carbocycles. The Kier molecular flexibility index (Phi) is 5.15. The van der Waals surface area contributed by atoms with Crippen LogP contribution in [0.25, 0.3) is 11.5 Å². The van der Waals surface area contributed by atoms with E-state index in [9.17, 15) is 9.18 Å². The van der Waals surface area contributed by atoms with Crippen molar-refractivity contribution in [2.75, 3.05) is 13.1 Å². The fraction of sp³-hybridized carbons (Fsp3) is 0.316. The summed E-state index contributed by atoms with van der Waals surface area (Å²) in [6, 6.07) is 7.91. The molecule has 0 unspecified atom stereocenters. The molecule has 1 atom stereocenters. The molecule has 2 amide bonds. The summed E-state index contributed by atoms with van der Waals surface area (Å²) in [5, 5.41) is 15.1. The first kappa shape index (κ1) is 17.7. The normalized spacial score (nSPS) is 17.1. The fourth-order valence-electron chi connectivity index (χ4n) is 3.16. The van der Waals surface area contributed by atoms with Crippen molar-refractivity contribution in [3.63, 3.8) is 0 Å². The fourth-order valence-corrected chi connectivity index (χ4v) is 3.79. The molecule has 1 fully saturated rings. The van der Waals surface area contributed by atoms with Gasteiger partial charge < -0.3 is 14.6 Å². The van der Waals surface area contributed by atoms with E-state index < -0.39 is 0 Å². The third-order valence-electron chi connectivity index (χ3n) is 4.62. The molecule has 0 aliphatic carbocycles. The summed E-state index contributed by atoms with van der Waals surface area (Å²) in [6.07, 6.45) is 1.79. The average Bonchev–Trinajstić information content (AvgIpc) is 3.39. The SMILES string of the molecule is O=C(NCc1ccc(F)cc1)N1CCC[C@@H](c2nnc(-c3ccsc3)o2)C1. The molecule has 6 nitrogen and oxygen atoms in total. The van der Waals surface area contributed by atoms with Crippen molar-refractivity contribution in [1.82, 2.24) is 20.4 Å². The molecule has 0 bridgehead atoms. The number of carbonyl (C=O) groups excluding carboxylic acids is 1. The van der Waals surface area contributed by atoms with Gasteiger partial charge in [0, 0.05) is 30.6 Å². The van der Waals surface area contributed by atoms with E-state index >= 15 is 0 Å². The molecule has 2 aromatic heterocycles. The minimum atomic E-state index is -0.287. The van der Waals surface area contributed by atoms with Gasteiger partial charge in [0.2, 0.25) is 11.8 Å². The van der Waals surface area contributed by atoms with Crippen molar-refractivity contribution in [2.45, 2.75) is 25.3 Å². The number of aromatic nitrogens is 2. The maximum Gasteiger partial charge on any atom is 0.317 e. The first-order chi connectivity index (χ1) is 13.2. The highest BCUT2D eigenvalue weighted by molar-refractivity contribution is 7.08. The smallest absolute Gasteiger partial charge is 0.317 e. The lowest BCUT2D eigenvalue weighted by Crippen LogP contribution is -2.44. The van der Waals surface area contributed by atoms with Crippen LogP contribution in [-0.4, -0.2) is 34.2 Å². The zero-order valence-electron chi connectivity index (χ0n) is 14.6. The van der Waals surface area contributed by atoms with Crippen LogP contribution in [0.4, 0.5) is 9.18 Å². The first-order valence-electron chi connectivity index (χ1n) is 8.82. The zero-order valence-corrected chi connectivity index (χ0v) is 15.4. The molecular weight excluding hydrogens is 367 g/mol. The molecule has 1 aliphatic rings. The van der Waals surface area contributed by atoms with Crippen LogP contribution in [-0.2, 0) is 6.54 Å². The highest BCUT2D eigenvalue weighted by Crippen LogP contribution is 2.29. The zero-order chi connectivity index (χ0) is 18.6. The van der Waals surface area contributed by atoms with Gasteiger partial charge >= 0.3 is 6.03 Å². The van der Waals surface area contributed by atoms with Gasteiger partial charge in [-0.3, -0.25) is 0 Å². The number of amides is 2. The molecule has 1 aliphatic heterocycles. The Morgan fingerprint density at radius 3 is 2.93 bits per heavy atom. The van der Waals surface area contributed by atoms with Gasteiger partial charge in [-0.2, -0.15) is 11.3 Å². The van der Waals surface area contributed by atoms with Gasteiger partial charge in [0.1, 0.15) is 5.82 Å². The van der Waals surface area contributed by atoms with Gasteiger partial charge in [0.25, 0.3) is 0 Å². The average molecular weight is 386 g/mol. The number of benzene rings is 1. The van der Waals surface area contributed by atoms with Crippen molar-refractivity contribution in [3.05, 3.63) is 58.4 Å².